The Kier molecular flexibility index (Phi) is 22.4. The molecule has 1 rings (SSSR count). The molecule has 2 unspecified atom stereocenters. The van der Waals surface area contributed by atoms with Crippen molar-refractivity contribution in [2.24, 2.45) is 0 Å². The number of aliphatic hydroxyl groups excluding tert-OH is 1. The molecule has 1 aromatic heterocycles. The standard InChI is InChI=1S/C29H54NO6P/c1-2-3-4-5-6-7-8-9-10-11-12-13-14-15-16-20-25-34-27-29(31)28-36-37(32,33)35-26-21-24-30-22-18-17-19-23-30/h17-19,22-23,29,31H,2-16,20-21,24-28H2,1H3/p+1. The second-order valence-corrected chi connectivity index (χ2v) is 11.5. The molecular weight excluding hydrogens is 489 g/mol. The minimum Gasteiger partial charge on any atom is -0.388 e. The number of hydrogen-bond acceptors (Lipinski definition) is 5. The summed E-state index contributed by atoms with van der Waals surface area (Å²) in [6.45, 7) is 3.43. The van der Waals surface area contributed by atoms with Gasteiger partial charge in [0.15, 0.2) is 18.9 Å². The highest BCUT2D eigenvalue weighted by Gasteiger charge is 2.22. The van der Waals surface area contributed by atoms with Gasteiger partial charge in [-0.25, -0.2) is 9.13 Å². The van der Waals surface area contributed by atoms with E-state index >= 15 is 0 Å². The van der Waals surface area contributed by atoms with Gasteiger partial charge in [0.2, 0.25) is 0 Å². The summed E-state index contributed by atoms with van der Waals surface area (Å²) in [5.41, 5.74) is 0. The lowest BCUT2D eigenvalue weighted by atomic mass is 10.0. The van der Waals surface area contributed by atoms with Gasteiger partial charge in [0.25, 0.3) is 0 Å². The van der Waals surface area contributed by atoms with Crippen molar-refractivity contribution < 1.29 is 32.9 Å². The molecule has 0 fully saturated rings. The number of ether oxygens (including phenoxy) is 1. The van der Waals surface area contributed by atoms with E-state index in [1.165, 1.54) is 89.9 Å². The Morgan fingerprint density at radius 2 is 1.19 bits per heavy atom. The number of hydrogen-bond donors (Lipinski definition) is 2. The van der Waals surface area contributed by atoms with Gasteiger partial charge in [0.05, 0.1) is 19.8 Å². The molecule has 216 valence electrons. The Bertz CT molecular complexity index is 663. The Hall–Kier alpha value is -0.820. The number of phosphoric acid groups is 1. The molecule has 0 amide bonds. The van der Waals surface area contributed by atoms with Crippen molar-refractivity contribution in [3.8, 4) is 0 Å². The normalized spacial score (nSPS) is 14.0. The van der Waals surface area contributed by atoms with Gasteiger partial charge in [0, 0.05) is 25.2 Å². The molecule has 7 nitrogen and oxygen atoms in total. The summed E-state index contributed by atoms with van der Waals surface area (Å²) >= 11 is 0. The summed E-state index contributed by atoms with van der Waals surface area (Å²) in [5.74, 6) is 0. The third kappa shape index (κ3) is 22.8. The second-order valence-electron chi connectivity index (χ2n) is 10.1. The van der Waals surface area contributed by atoms with Crippen LogP contribution in [0.4, 0.5) is 0 Å². The summed E-state index contributed by atoms with van der Waals surface area (Å²) in [6.07, 6.45) is 24.7. The third-order valence-corrected chi connectivity index (χ3v) is 7.46. The van der Waals surface area contributed by atoms with E-state index in [-0.39, 0.29) is 19.8 Å². The highest BCUT2D eigenvalue weighted by atomic mass is 31.2. The van der Waals surface area contributed by atoms with Crippen LogP contribution < -0.4 is 4.57 Å². The second kappa shape index (κ2) is 24.2. The highest BCUT2D eigenvalue weighted by molar-refractivity contribution is 7.47. The number of aromatic nitrogens is 1. The molecule has 0 aliphatic carbocycles. The van der Waals surface area contributed by atoms with Gasteiger partial charge in [-0.1, -0.05) is 109 Å². The van der Waals surface area contributed by atoms with E-state index in [9.17, 15) is 14.6 Å². The summed E-state index contributed by atoms with van der Waals surface area (Å²) in [7, 11) is -4.17. The summed E-state index contributed by atoms with van der Waals surface area (Å²) < 4.78 is 29.2. The van der Waals surface area contributed by atoms with Crippen molar-refractivity contribution in [3.05, 3.63) is 30.6 Å². The smallest absolute Gasteiger partial charge is 0.388 e. The van der Waals surface area contributed by atoms with Gasteiger partial charge in [-0.3, -0.25) is 9.05 Å². The van der Waals surface area contributed by atoms with Gasteiger partial charge in [0.1, 0.15) is 6.10 Å². The molecule has 1 aromatic rings. The molecule has 8 heteroatoms. The van der Waals surface area contributed by atoms with Crippen molar-refractivity contribution in [2.75, 3.05) is 26.4 Å². The van der Waals surface area contributed by atoms with E-state index in [4.69, 9.17) is 13.8 Å². The fourth-order valence-electron chi connectivity index (χ4n) is 4.25. The van der Waals surface area contributed by atoms with Crippen LogP contribution in [0.3, 0.4) is 0 Å². The first-order valence-corrected chi connectivity index (χ1v) is 16.3. The molecule has 0 bridgehead atoms. The lowest BCUT2D eigenvalue weighted by Crippen LogP contribution is -2.32. The van der Waals surface area contributed by atoms with Crippen LogP contribution in [0.15, 0.2) is 30.6 Å². The zero-order chi connectivity index (χ0) is 26.9. The van der Waals surface area contributed by atoms with E-state index in [1.807, 2.05) is 35.2 Å². The van der Waals surface area contributed by atoms with E-state index in [1.54, 1.807) is 0 Å². The quantitative estimate of drug-likeness (QED) is 0.0695. The molecule has 0 saturated heterocycles. The maximum atomic E-state index is 11.9. The molecule has 0 radical (unpaired) electrons. The fourth-order valence-corrected chi connectivity index (χ4v) is 5.04. The Balaban J connectivity index is 1.82. The van der Waals surface area contributed by atoms with Crippen LogP contribution >= 0.6 is 7.82 Å². The van der Waals surface area contributed by atoms with Gasteiger partial charge in [-0.2, -0.15) is 0 Å². The van der Waals surface area contributed by atoms with Crippen LogP contribution in [0.25, 0.3) is 0 Å². The van der Waals surface area contributed by atoms with Crippen molar-refractivity contribution in [2.45, 2.75) is 129 Å². The van der Waals surface area contributed by atoms with Crippen molar-refractivity contribution >= 4 is 7.82 Å². The zero-order valence-corrected chi connectivity index (χ0v) is 24.3. The molecule has 0 aliphatic rings. The van der Waals surface area contributed by atoms with Crippen LogP contribution in [-0.2, 0) is 24.9 Å². The maximum absolute atomic E-state index is 11.9. The Morgan fingerprint density at radius 1 is 0.676 bits per heavy atom. The van der Waals surface area contributed by atoms with E-state index in [2.05, 4.69) is 6.92 Å². The summed E-state index contributed by atoms with van der Waals surface area (Å²) in [6, 6.07) is 5.77. The van der Waals surface area contributed by atoms with Crippen molar-refractivity contribution in [1.29, 1.82) is 0 Å². The van der Waals surface area contributed by atoms with Gasteiger partial charge < -0.3 is 14.7 Å². The lowest BCUT2D eigenvalue weighted by Gasteiger charge is -2.15. The van der Waals surface area contributed by atoms with Gasteiger partial charge in [-0.15, -0.1) is 0 Å². The first-order chi connectivity index (χ1) is 18.0. The number of aryl methyl sites for hydroxylation is 1. The minimum atomic E-state index is -4.17. The Morgan fingerprint density at radius 3 is 1.73 bits per heavy atom. The van der Waals surface area contributed by atoms with Crippen LogP contribution in [0.5, 0.6) is 0 Å². The predicted octanol–water partition coefficient (Wildman–Crippen LogP) is 7.14. The first-order valence-electron chi connectivity index (χ1n) is 14.9. The first kappa shape index (κ1) is 34.2. The molecular formula is C29H55NO6P+. The van der Waals surface area contributed by atoms with E-state index in [0.29, 0.717) is 19.6 Å². The highest BCUT2D eigenvalue weighted by Crippen LogP contribution is 2.43. The van der Waals surface area contributed by atoms with Gasteiger partial charge >= 0.3 is 7.82 Å². The predicted molar refractivity (Wildman–Crippen MR) is 149 cm³/mol. The molecule has 37 heavy (non-hydrogen) atoms. The minimum absolute atomic E-state index is 0.0867. The average Bonchev–Trinajstić information content (AvgIpc) is 2.90. The molecule has 0 aromatic carbocycles. The van der Waals surface area contributed by atoms with Crippen LogP contribution in [-0.4, -0.2) is 42.5 Å². The molecule has 1 heterocycles. The van der Waals surface area contributed by atoms with E-state index in [0.717, 1.165) is 12.8 Å². The topological polar surface area (TPSA) is 89.1 Å². The molecule has 2 N–H and O–H groups in total. The summed E-state index contributed by atoms with van der Waals surface area (Å²) in [4.78, 5) is 9.74. The number of rotatable bonds is 27. The van der Waals surface area contributed by atoms with Gasteiger partial charge in [-0.05, 0) is 6.42 Å². The van der Waals surface area contributed by atoms with E-state index < -0.39 is 13.9 Å². The average molecular weight is 545 g/mol. The maximum Gasteiger partial charge on any atom is 0.472 e. The Labute approximate surface area is 226 Å². The summed E-state index contributed by atoms with van der Waals surface area (Å²) in [5, 5.41) is 9.93. The fraction of sp³-hybridized carbons (Fsp3) is 0.828. The lowest BCUT2D eigenvalue weighted by molar-refractivity contribution is -0.697. The number of unbranched alkanes of at least 4 members (excludes halogenated alkanes) is 15. The van der Waals surface area contributed by atoms with Crippen LogP contribution in [0.2, 0.25) is 0 Å². The number of nitrogens with zero attached hydrogens (tertiary/aromatic N) is 1. The van der Waals surface area contributed by atoms with Crippen molar-refractivity contribution in [1.82, 2.24) is 0 Å². The molecule has 0 aliphatic heterocycles. The SMILES string of the molecule is CCCCCCCCCCCCCCCCCCOCC(O)COP(=O)(O)OCCC[n+]1ccccc1. The van der Waals surface area contributed by atoms with Crippen LogP contribution in [0.1, 0.15) is 116 Å². The largest absolute Gasteiger partial charge is 0.472 e. The number of pyridine rings is 1. The zero-order valence-electron chi connectivity index (χ0n) is 23.4. The van der Waals surface area contributed by atoms with Crippen LogP contribution in [0, 0.1) is 0 Å². The number of aliphatic hydroxyl groups is 1. The monoisotopic (exact) mass is 544 g/mol. The molecule has 2 atom stereocenters. The third-order valence-electron chi connectivity index (χ3n) is 6.47. The molecule has 0 saturated carbocycles. The number of phosphoric ester groups is 1. The van der Waals surface area contributed by atoms with Crippen molar-refractivity contribution in [3.63, 3.8) is 0 Å². The molecule has 0 spiro atoms.